The first kappa shape index (κ1) is 13.1. The van der Waals surface area contributed by atoms with Crippen molar-refractivity contribution in [2.75, 3.05) is 11.4 Å². The van der Waals surface area contributed by atoms with E-state index in [2.05, 4.69) is 6.07 Å². The van der Waals surface area contributed by atoms with Crippen molar-refractivity contribution in [1.82, 2.24) is 0 Å². The first-order valence-corrected chi connectivity index (χ1v) is 6.23. The van der Waals surface area contributed by atoms with Gasteiger partial charge in [-0.05, 0) is 36.8 Å². The number of anilines is 1. The lowest BCUT2D eigenvalue weighted by Gasteiger charge is -2.23. The molecule has 3 heteroatoms. The zero-order valence-corrected chi connectivity index (χ0v) is 10.8. The molecule has 0 atom stereocenters. The Labute approximate surface area is 112 Å². The molecule has 0 N–H and O–H groups in total. The minimum absolute atomic E-state index is 0.210. The molecular formula is C16H15FN2. The Morgan fingerprint density at radius 3 is 2.37 bits per heavy atom. The molecule has 19 heavy (non-hydrogen) atoms. The maximum atomic E-state index is 13.8. The molecule has 0 aliphatic carbocycles. The van der Waals surface area contributed by atoms with Gasteiger partial charge in [-0.1, -0.05) is 24.3 Å². The third kappa shape index (κ3) is 3.11. The second-order valence-electron chi connectivity index (χ2n) is 4.27. The summed E-state index contributed by atoms with van der Waals surface area (Å²) < 4.78 is 13.8. The molecule has 2 aromatic rings. The lowest BCUT2D eigenvalue weighted by Crippen LogP contribution is -2.22. The lowest BCUT2D eigenvalue weighted by molar-refractivity contribution is 0.618. The van der Waals surface area contributed by atoms with Gasteiger partial charge in [0.15, 0.2) is 0 Å². The fourth-order valence-electron chi connectivity index (χ4n) is 1.98. The van der Waals surface area contributed by atoms with Crippen molar-refractivity contribution in [2.45, 2.75) is 13.5 Å². The van der Waals surface area contributed by atoms with Crippen molar-refractivity contribution in [3.63, 3.8) is 0 Å². The SMILES string of the molecule is CCN(Cc1ccc(C#N)cc1)c1ccccc1F. The highest BCUT2D eigenvalue weighted by Crippen LogP contribution is 2.20. The number of halogens is 1. The van der Waals surface area contributed by atoms with E-state index >= 15 is 0 Å². The largest absolute Gasteiger partial charge is 0.365 e. The highest BCUT2D eigenvalue weighted by atomic mass is 19.1. The van der Waals surface area contributed by atoms with E-state index in [1.165, 1.54) is 6.07 Å². The van der Waals surface area contributed by atoms with Gasteiger partial charge in [0.2, 0.25) is 0 Å². The van der Waals surface area contributed by atoms with Crippen LogP contribution in [0.25, 0.3) is 0 Å². The van der Waals surface area contributed by atoms with Crippen LogP contribution < -0.4 is 4.90 Å². The predicted octanol–water partition coefficient (Wildman–Crippen LogP) is 3.72. The average Bonchev–Trinajstić information content (AvgIpc) is 2.46. The third-order valence-corrected chi connectivity index (χ3v) is 3.03. The summed E-state index contributed by atoms with van der Waals surface area (Å²) in [6.07, 6.45) is 0. The molecule has 2 aromatic carbocycles. The van der Waals surface area contributed by atoms with Crippen LogP contribution in [0.3, 0.4) is 0 Å². The fraction of sp³-hybridized carbons (Fsp3) is 0.188. The number of nitrogens with zero attached hydrogens (tertiary/aromatic N) is 2. The summed E-state index contributed by atoms with van der Waals surface area (Å²) in [5, 5.41) is 8.76. The molecule has 2 nitrogen and oxygen atoms in total. The van der Waals surface area contributed by atoms with E-state index in [1.54, 1.807) is 24.3 Å². The van der Waals surface area contributed by atoms with Crippen LogP contribution in [0.15, 0.2) is 48.5 Å². The first-order chi connectivity index (χ1) is 9.24. The van der Waals surface area contributed by atoms with Crippen LogP contribution in [-0.4, -0.2) is 6.54 Å². The molecule has 0 unspecified atom stereocenters. The average molecular weight is 254 g/mol. The van der Waals surface area contributed by atoms with Crippen molar-refractivity contribution in [3.05, 3.63) is 65.5 Å². The van der Waals surface area contributed by atoms with Gasteiger partial charge < -0.3 is 4.90 Å². The molecule has 0 fully saturated rings. The summed E-state index contributed by atoms with van der Waals surface area (Å²) in [6, 6.07) is 16.2. The number of rotatable bonds is 4. The number of hydrogen-bond acceptors (Lipinski definition) is 2. The van der Waals surface area contributed by atoms with Crippen molar-refractivity contribution >= 4 is 5.69 Å². The molecule has 0 aliphatic rings. The van der Waals surface area contributed by atoms with E-state index in [0.717, 1.165) is 12.1 Å². The second-order valence-corrected chi connectivity index (χ2v) is 4.27. The molecule has 0 aromatic heterocycles. The number of benzene rings is 2. The normalized spacial score (nSPS) is 9.95. The minimum Gasteiger partial charge on any atom is -0.365 e. The van der Waals surface area contributed by atoms with Crippen molar-refractivity contribution in [3.8, 4) is 6.07 Å². The Bertz CT molecular complexity index is 584. The van der Waals surface area contributed by atoms with E-state index in [9.17, 15) is 4.39 Å². The Balaban J connectivity index is 2.19. The van der Waals surface area contributed by atoms with Gasteiger partial charge in [-0.3, -0.25) is 0 Å². The van der Waals surface area contributed by atoms with Gasteiger partial charge in [-0.15, -0.1) is 0 Å². The summed E-state index contributed by atoms with van der Waals surface area (Å²) in [7, 11) is 0. The monoisotopic (exact) mass is 254 g/mol. The number of hydrogen-bond donors (Lipinski definition) is 0. The topological polar surface area (TPSA) is 27.0 Å². The predicted molar refractivity (Wildman–Crippen MR) is 74.3 cm³/mol. The molecule has 0 spiro atoms. The quantitative estimate of drug-likeness (QED) is 0.831. The van der Waals surface area contributed by atoms with E-state index < -0.39 is 0 Å². The number of nitriles is 1. The molecule has 0 saturated heterocycles. The highest BCUT2D eigenvalue weighted by molar-refractivity contribution is 5.48. The van der Waals surface area contributed by atoms with Gasteiger partial charge in [0.1, 0.15) is 5.82 Å². The molecular weight excluding hydrogens is 239 g/mol. The van der Waals surface area contributed by atoms with Crippen LogP contribution in [0.2, 0.25) is 0 Å². The van der Waals surface area contributed by atoms with E-state index in [-0.39, 0.29) is 5.82 Å². The molecule has 0 bridgehead atoms. The molecule has 0 radical (unpaired) electrons. The fourth-order valence-corrected chi connectivity index (χ4v) is 1.98. The third-order valence-electron chi connectivity index (χ3n) is 3.03. The molecule has 0 amide bonds. The molecule has 96 valence electrons. The summed E-state index contributed by atoms with van der Waals surface area (Å²) >= 11 is 0. The standard InChI is InChI=1S/C16H15FN2/c1-2-19(16-6-4-3-5-15(16)17)12-14-9-7-13(11-18)8-10-14/h3-10H,2,12H2,1H3. The summed E-state index contributed by atoms with van der Waals surface area (Å²) in [5.74, 6) is -0.210. The van der Waals surface area contributed by atoms with E-state index in [1.807, 2.05) is 30.0 Å². The van der Waals surface area contributed by atoms with Gasteiger partial charge in [0.05, 0.1) is 17.3 Å². The first-order valence-electron chi connectivity index (χ1n) is 6.23. The van der Waals surface area contributed by atoms with Gasteiger partial charge >= 0.3 is 0 Å². The highest BCUT2D eigenvalue weighted by Gasteiger charge is 2.09. The van der Waals surface area contributed by atoms with Crippen LogP contribution in [-0.2, 0) is 6.54 Å². The van der Waals surface area contributed by atoms with Crippen LogP contribution in [0.5, 0.6) is 0 Å². The van der Waals surface area contributed by atoms with Crippen molar-refractivity contribution < 1.29 is 4.39 Å². The molecule has 0 saturated carbocycles. The zero-order valence-electron chi connectivity index (χ0n) is 10.8. The van der Waals surface area contributed by atoms with Gasteiger partial charge in [0, 0.05) is 13.1 Å². The minimum atomic E-state index is -0.210. The van der Waals surface area contributed by atoms with E-state index in [4.69, 9.17) is 5.26 Å². The maximum Gasteiger partial charge on any atom is 0.146 e. The van der Waals surface area contributed by atoms with E-state index in [0.29, 0.717) is 17.8 Å². The van der Waals surface area contributed by atoms with Crippen LogP contribution in [0.1, 0.15) is 18.1 Å². The van der Waals surface area contributed by atoms with Crippen molar-refractivity contribution in [2.24, 2.45) is 0 Å². The summed E-state index contributed by atoms with van der Waals surface area (Å²) in [4.78, 5) is 1.97. The lowest BCUT2D eigenvalue weighted by atomic mass is 10.1. The smallest absolute Gasteiger partial charge is 0.146 e. The Morgan fingerprint density at radius 2 is 1.79 bits per heavy atom. The second kappa shape index (κ2) is 6.01. The van der Waals surface area contributed by atoms with Crippen LogP contribution >= 0.6 is 0 Å². The Kier molecular flexibility index (Phi) is 4.15. The van der Waals surface area contributed by atoms with Crippen LogP contribution in [0, 0.1) is 17.1 Å². The van der Waals surface area contributed by atoms with Gasteiger partial charge in [-0.2, -0.15) is 5.26 Å². The summed E-state index contributed by atoms with van der Waals surface area (Å²) in [6.45, 7) is 3.35. The molecule has 0 aliphatic heterocycles. The van der Waals surface area contributed by atoms with Gasteiger partial charge in [0.25, 0.3) is 0 Å². The zero-order chi connectivity index (χ0) is 13.7. The molecule has 2 rings (SSSR count). The maximum absolute atomic E-state index is 13.8. The number of para-hydroxylation sites is 1. The summed E-state index contributed by atoms with van der Waals surface area (Å²) in [5.41, 5.74) is 2.30. The Morgan fingerprint density at radius 1 is 1.11 bits per heavy atom. The van der Waals surface area contributed by atoms with Crippen LogP contribution in [0.4, 0.5) is 10.1 Å². The van der Waals surface area contributed by atoms with Crippen molar-refractivity contribution in [1.29, 1.82) is 5.26 Å². The molecule has 0 heterocycles. The Hall–Kier alpha value is -2.34. The van der Waals surface area contributed by atoms with Gasteiger partial charge in [-0.25, -0.2) is 4.39 Å².